The number of hydrogen-bond acceptors (Lipinski definition) is 3. The monoisotopic (exact) mass is 427 g/mol. The number of carbonyl (C=O) groups is 1. The molecule has 3 rings (SSSR count). The van der Waals surface area contributed by atoms with E-state index in [4.69, 9.17) is 0 Å². The van der Waals surface area contributed by atoms with Crippen molar-refractivity contribution in [3.05, 3.63) is 77.8 Å². The molecular formula is C24H27F2N3O2. The first-order valence-corrected chi connectivity index (χ1v) is 10.0. The molecule has 164 valence electrons. The van der Waals surface area contributed by atoms with Crippen molar-refractivity contribution in [1.29, 1.82) is 0 Å². The molecule has 0 fully saturated rings. The molecule has 0 saturated carbocycles. The van der Waals surface area contributed by atoms with Crippen molar-refractivity contribution >= 4 is 5.91 Å². The number of likely N-dealkylation sites (N-methyl/N-ethyl adjacent to an activating group) is 1. The van der Waals surface area contributed by atoms with E-state index >= 15 is 0 Å². The molecule has 0 bridgehead atoms. The second-order valence-electron chi connectivity index (χ2n) is 8.65. The van der Waals surface area contributed by atoms with Crippen molar-refractivity contribution < 1.29 is 18.7 Å². The van der Waals surface area contributed by atoms with Crippen molar-refractivity contribution in [2.45, 2.75) is 33.4 Å². The summed E-state index contributed by atoms with van der Waals surface area (Å²) in [5, 5.41) is 9.41. The molecule has 0 aliphatic rings. The number of halogens is 2. The smallest absolute Gasteiger partial charge is 0.248 e. The van der Waals surface area contributed by atoms with Gasteiger partial charge in [0.05, 0.1) is 11.7 Å². The molecule has 1 heterocycles. The molecule has 0 aliphatic carbocycles. The van der Waals surface area contributed by atoms with Crippen LogP contribution in [-0.2, 0) is 11.3 Å². The van der Waals surface area contributed by atoms with Gasteiger partial charge in [0.1, 0.15) is 24.1 Å². The molecule has 0 aliphatic heterocycles. The Kier molecular flexibility index (Phi) is 6.55. The highest BCUT2D eigenvalue weighted by molar-refractivity contribution is 5.77. The predicted octanol–water partition coefficient (Wildman–Crippen LogP) is 4.41. The maximum absolute atomic E-state index is 14.5. The third-order valence-electron chi connectivity index (χ3n) is 5.19. The molecular weight excluding hydrogens is 400 g/mol. The number of benzene rings is 2. The second-order valence-corrected chi connectivity index (χ2v) is 8.65. The van der Waals surface area contributed by atoms with Gasteiger partial charge in [0.2, 0.25) is 5.91 Å². The number of rotatable bonds is 6. The van der Waals surface area contributed by atoms with E-state index in [1.54, 1.807) is 13.2 Å². The summed E-state index contributed by atoms with van der Waals surface area (Å²) < 4.78 is 30.2. The van der Waals surface area contributed by atoms with Crippen LogP contribution in [0.2, 0.25) is 0 Å². The molecule has 1 amide bonds. The zero-order valence-corrected chi connectivity index (χ0v) is 18.1. The van der Waals surface area contributed by atoms with Crippen LogP contribution >= 0.6 is 0 Å². The average Bonchev–Trinajstić information content (AvgIpc) is 3.11. The Hall–Kier alpha value is -3.06. The van der Waals surface area contributed by atoms with Gasteiger partial charge in [-0.3, -0.25) is 4.79 Å². The molecule has 1 atom stereocenters. The molecule has 7 heteroatoms. The zero-order chi connectivity index (χ0) is 22.8. The first kappa shape index (κ1) is 22.6. The van der Waals surface area contributed by atoms with Gasteiger partial charge < -0.3 is 14.6 Å². The highest BCUT2D eigenvalue weighted by Crippen LogP contribution is 2.38. The molecule has 1 aromatic heterocycles. The maximum atomic E-state index is 14.5. The third-order valence-corrected chi connectivity index (χ3v) is 5.19. The van der Waals surface area contributed by atoms with Crippen LogP contribution in [-0.4, -0.2) is 39.1 Å². The number of amides is 1. The van der Waals surface area contributed by atoms with Gasteiger partial charge in [0, 0.05) is 25.4 Å². The number of hydrogen-bond donors (Lipinski definition) is 1. The van der Waals surface area contributed by atoms with Crippen LogP contribution in [0.25, 0.3) is 11.3 Å². The lowest BCUT2D eigenvalue weighted by atomic mass is 9.85. The molecule has 3 aromatic rings. The van der Waals surface area contributed by atoms with E-state index in [9.17, 15) is 18.7 Å². The van der Waals surface area contributed by atoms with Crippen molar-refractivity contribution in [3.8, 4) is 11.3 Å². The zero-order valence-electron chi connectivity index (χ0n) is 18.1. The molecule has 1 N–H and O–H groups in total. The third kappa shape index (κ3) is 4.99. The summed E-state index contributed by atoms with van der Waals surface area (Å²) in [6, 6.07) is 12.4. The fourth-order valence-electron chi connectivity index (χ4n) is 3.78. The average molecular weight is 427 g/mol. The van der Waals surface area contributed by atoms with Crippen LogP contribution < -0.4 is 0 Å². The molecule has 2 aromatic carbocycles. The van der Waals surface area contributed by atoms with E-state index in [-0.39, 0.29) is 11.3 Å². The minimum Gasteiger partial charge on any atom is -0.387 e. The fraction of sp³-hybridized carbons (Fsp3) is 0.333. The Labute approximate surface area is 181 Å². The second kappa shape index (κ2) is 8.98. The highest BCUT2D eigenvalue weighted by Gasteiger charge is 2.36. The van der Waals surface area contributed by atoms with E-state index < -0.39 is 35.6 Å². The van der Waals surface area contributed by atoms with E-state index in [0.717, 1.165) is 23.8 Å². The summed E-state index contributed by atoms with van der Waals surface area (Å²) in [4.78, 5) is 18.5. The Balaban J connectivity index is 2.19. The topological polar surface area (TPSA) is 58.4 Å². The van der Waals surface area contributed by atoms with Crippen LogP contribution in [0.5, 0.6) is 0 Å². The highest BCUT2D eigenvalue weighted by atomic mass is 19.1. The van der Waals surface area contributed by atoms with Crippen molar-refractivity contribution in [2.75, 3.05) is 13.7 Å². The van der Waals surface area contributed by atoms with Crippen LogP contribution in [0, 0.1) is 17.0 Å². The van der Waals surface area contributed by atoms with Gasteiger partial charge in [-0.1, -0.05) is 51.1 Å². The van der Waals surface area contributed by atoms with E-state index in [0.29, 0.717) is 12.4 Å². The van der Waals surface area contributed by atoms with Crippen molar-refractivity contribution in [3.63, 3.8) is 0 Å². The lowest BCUT2D eigenvalue weighted by Gasteiger charge is -2.37. The molecule has 0 radical (unpaired) electrons. The number of nitrogens with zero attached hydrogens (tertiary/aromatic N) is 3. The summed E-state index contributed by atoms with van der Waals surface area (Å²) in [7, 11) is 1.61. The number of aromatic nitrogens is 2. The number of imidazole rings is 1. The van der Waals surface area contributed by atoms with Gasteiger partial charge >= 0.3 is 0 Å². The van der Waals surface area contributed by atoms with Crippen molar-refractivity contribution in [2.24, 2.45) is 5.41 Å². The summed E-state index contributed by atoms with van der Waals surface area (Å²) >= 11 is 0. The van der Waals surface area contributed by atoms with Gasteiger partial charge in [-0.2, -0.15) is 0 Å². The first-order valence-electron chi connectivity index (χ1n) is 10.0. The van der Waals surface area contributed by atoms with E-state index in [1.807, 2.05) is 55.7 Å². The van der Waals surface area contributed by atoms with Gasteiger partial charge in [-0.15, -0.1) is 0 Å². The maximum Gasteiger partial charge on any atom is 0.248 e. The minimum absolute atomic E-state index is 0.0526. The predicted molar refractivity (Wildman–Crippen MR) is 115 cm³/mol. The fourth-order valence-corrected chi connectivity index (χ4v) is 3.78. The quantitative estimate of drug-likeness (QED) is 0.634. The Morgan fingerprint density at radius 3 is 2.45 bits per heavy atom. The van der Waals surface area contributed by atoms with Crippen LogP contribution in [0.3, 0.4) is 0 Å². The normalized spacial score (nSPS) is 12.6. The van der Waals surface area contributed by atoms with Crippen LogP contribution in [0.1, 0.15) is 38.2 Å². The van der Waals surface area contributed by atoms with E-state index in [2.05, 4.69) is 4.98 Å². The SMILES string of the molecule is CN(C(=O)CO)C(c1nc(-c2cc(F)ccc2F)cn1Cc1ccccc1)C(C)(C)C. The Morgan fingerprint density at radius 2 is 1.84 bits per heavy atom. The van der Waals surface area contributed by atoms with Gasteiger partial charge in [-0.25, -0.2) is 13.8 Å². The summed E-state index contributed by atoms with van der Waals surface area (Å²) in [5.41, 5.74) is 0.881. The van der Waals surface area contributed by atoms with Gasteiger partial charge in [0.15, 0.2) is 0 Å². The summed E-state index contributed by atoms with van der Waals surface area (Å²) in [6.07, 6.45) is 1.68. The van der Waals surface area contributed by atoms with Gasteiger partial charge in [-0.05, 0) is 29.2 Å². The lowest BCUT2D eigenvalue weighted by molar-refractivity contribution is -0.137. The molecule has 1 unspecified atom stereocenters. The van der Waals surface area contributed by atoms with Gasteiger partial charge in [0.25, 0.3) is 0 Å². The van der Waals surface area contributed by atoms with Crippen LogP contribution in [0.15, 0.2) is 54.7 Å². The lowest BCUT2D eigenvalue weighted by Crippen LogP contribution is -2.41. The summed E-state index contributed by atoms with van der Waals surface area (Å²) in [6.45, 7) is 5.69. The largest absolute Gasteiger partial charge is 0.387 e. The molecule has 5 nitrogen and oxygen atoms in total. The standard InChI is InChI=1S/C24H27F2N3O2/c1-24(2,3)22(28(4)21(31)15-30)23-27-20(18-12-17(25)10-11-19(18)26)14-29(23)13-16-8-6-5-7-9-16/h5-12,14,22,30H,13,15H2,1-4H3. The number of aliphatic hydroxyl groups is 1. The summed E-state index contributed by atoms with van der Waals surface area (Å²) in [5.74, 6) is -1.06. The van der Waals surface area contributed by atoms with Crippen molar-refractivity contribution in [1.82, 2.24) is 14.5 Å². The Morgan fingerprint density at radius 1 is 1.16 bits per heavy atom. The molecule has 31 heavy (non-hydrogen) atoms. The van der Waals surface area contributed by atoms with Crippen LogP contribution in [0.4, 0.5) is 8.78 Å². The number of aliphatic hydroxyl groups excluding tert-OH is 1. The van der Waals surface area contributed by atoms with E-state index in [1.165, 1.54) is 4.90 Å². The minimum atomic E-state index is -0.631. The first-order chi connectivity index (χ1) is 14.6. The molecule has 0 spiro atoms. The number of carbonyl (C=O) groups excluding carboxylic acids is 1. The Bertz CT molecular complexity index is 1060. The molecule has 0 saturated heterocycles.